The first-order valence-electron chi connectivity index (χ1n) is 11.8. The third-order valence-electron chi connectivity index (χ3n) is 6.94. The van der Waals surface area contributed by atoms with Gasteiger partial charge in [-0.2, -0.15) is 5.26 Å². The van der Waals surface area contributed by atoms with E-state index in [9.17, 15) is 18.0 Å². The number of urea groups is 1. The number of likely N-dealkylation sites (tertiary alicyclic amines) is 1. The van der Waals surface area contributed by atoms with Crippen molar-refractivity contribution in [2.45, 2.75) is 44.6 Å². The number of carbonyl (C=O) groups excluding carboxylic acids is 2. The summed E-state index contributed by atoms with van der Waals surface area (Å²) in [5, 5.41) is 14.5. The molecule has 2 saturated heterocycles. The quantitative estimate of drug-likeness (QED) is 0.673. The molecule has 2 N–H and O–H groups in total. The first-order valence-corrected chi connectivity index (χ1v) is 13.6. The van der Waals surface area contributed by atoms with Crippen molar-refractivity contribution in [3.63, 3.8) is 0 Å². The highest BCUT2D eigenvalue weighted by atomic mass is 32.2. The molecule has 0 saturated carbocycles. The summed E-state index contributed by atoms with van der Waals surface area (Å²) < 4.78 is 23.6. The fourth-order valence-electron chi connectivity index (χ4n) is 4.85. The Kier molecular flexibility index (Phi) is 6.86. The Morgan fingerprint density at radius 1 is 1.11 bits per heavy atom. The molecule has 4 rings (SSSR count). The van der Waals surface area contributed by atoms with Crippen LogP contribution >= 0.6 is 0 Å². The lowest BCUT2D eigenvalue weighted by Crippen LogP contribution is -2.48. The van der Waals surface area contributed by atoms with Gasteiger partial charge in [0.2, 0.25) is 0 Å². The number of piperidine rings is 1. The number of rotatable bonds is 4. The molecular formula is C26H30N4O4S. The fraction of sp³-hybridized carbons (Fsp3) is 0.423. The van der Waals surface area contributed by atoms with Crippen LogP contribution in [0.3, 0.4) is 0 Å². The molecule has 2 fully saturated rings. The molecule has 0 radical (unpaired) electrons. The van der Waals surface area contributed by atoms with Gasteiger partial charge >= 0.3 is 6.03 Å². The molecule has 0 bridgehead atoms. The highest BCUT2D eigenvalue weighted by Gasteiger charge is 2.39. The summed E-state index contributed by atoms with van der Waals surface area (Å²) in [4.78, 5) is 27.6. The minimum atomic E-state index is -3.14. The zero-order valence-corrected chi connectivity index (χ0v) is 20.8. The number of hydrogen-bond donors (Lipinski definition) is 2. The Labute approximate surface area is 206 Å². The van der Waals surface area contributed by atoms with Crippen LogP contribution < -0.4 is 10.6 Å². The van der Waals surface area contributed by atoms with Gasteiger partial charge in [0.15, 0.2) is 9.84 Å². The molecule has 0 spiro atoms. The van der Waals surface area contributed by atoms with Crippen LogP contribution in [0.2, 0.25) is 0 Å². The molecule has 2 aromatic rings. The maximum Gasteiger partial charge on any atom is 0.319 e. The van der Waals surface area contributed by atoms with Crippen LogP contribution in [0, 0.1) is 18.3 Å². The van der Waals surface area contributed by atoms with E-state index in [0.717, 1.165) is 18.4 Å². The maximum absolute atomic E-state index is 13.2. The number of hydrogen-bond acceptors (Lipinski definition) is 5. The highest BCUT2D eigenvalue weighted by Crippen LogP contribution is 2.29. The molecule has 2 aromatic carbocycles. The molecule has 1 unspecified atom stereocenters. The van der Waals surface area contributed by atoms with Gasteiger partial charge in [-0.05, 0) is 74.4 Å². The van der Waals surface area contributed by atoms with Crippen molar-refractivity contribution in [1.82, 2.24) is 10.2 Å². The zero-order valence-electron chi connectivity index (χ0n) is 20.0. The first kappa shape index (κ1) is 24.7. The van der Waals surface area contributed by atoms with E-state index in [1.54, 1.807) is 25.1 Å². The Hall–Kier alpha value is -3.38. The van der Waals surface area contributed by atoms with Gasteiger partial charge in [0, 0.05) is 24.3 Å². The molecule has 35 heavy (non-hydrogen) atoms. The summed E-state index contributed by atoms with van der Waals surface area (Å²) in [6.45, 7) is 4.83. The predicted molar refractivity (Wildman–Crippen MR) is 134 cm³/mol. The van der Waals surface area contributed by atoms with E-state index >= 15 is 0 Å². The van der Waals surface area contributed by atoms with E-state index in [4.69, 9.17) is 5.26 Å². The van der Waals surface area contributed by atoms with E-state index < -0.39 is 21.4 Å². The Bertz CT molecular complexity index is 1280. The lowest BCUT2D eigenvalue weighted by molar-refractivity contribution is 0.0713. The lowest BCUT2D eigenvalue weighted by Gasteiger charge is -2.32. The van der Waals surface area contributed by atoms with Crippen LogP contribution in [0.5, 0.6) is 0 Å². The number of aryl methyl sites for hydroxylation is 1. The van der Waals surface area contributed by atoms with Gasteiger partial charge in [0.1, 0.15) is 0 Å². The number of carbonyl (C=O) groups is 2. The Balaban J connectivity index is 1.38. The summed E-state index contributed by atoms with van der Waals surface area (Å²) in [6, 6.07) is 14.5. The van der Waals surface area contributed by atoms with E-state index in [0.29, 0.717) is 42.2 Å². The second kappa shape index (κ2) is 9.70. The van der Waals surface area contributed by atoms with Gasteiger partial charge in [-0.15, -0.1) is 0 Å². The van der Waals surface area contributed by atoms with Crippen molar-refractivity contribution in [2.75, 3.05) is 29.9 Å². The Morgan fingerprint density at radius 2 is 1.80 bits per heavy atom. The van der Waals surface area contributed by atoms with Gasteiger partial charge in [-0.1, -0.05) is 18.2 Å². The SMILES string of the molecule is Cc1ccc(C(=O)N2CCC(c3ccc(C#N)cc3)CC2)cc1NC(=O)NC1(C)CCS(=O)(=O)C1. The van der Waals surface area contributed by atoms with E-state index in [2.05, 4.69) is 16.7 Å². The van der Waals surface area contributed by atoms with Crippen LogP contribution in [-0.4, -0.2) is 55.4 Å². The summed E-state index contributed by atoms with van der Waals surface area (Å²) in [5.41, 5.74) is 2.85. The van der Waals surface area contributed by atoms with Gasteiger partial charge in [-0.25, -0.2) is 13.2 Å². The van der Waals surface area contributed by atoms with Crippen LogP contribution in [0.1, 0.15) is 59.2 Å². The predicted octanol–water partition coefficient (Wildman–Crippen LogP) is 3.59. The minimum absolute atomic E-state index is 0.0642. The van der Waals surface area contributed by atoms with Crippen molar-refractivity contribution in [1.29, 1.82) is 5.26 Å². The maximum atomic E-state index is 13.2. The normalized spacial score (nSPS) is 21.8. The van der Waals surface area contributed by atoms with Crippen LogP contribution in [0.4, 0.5) is 10.5 Å². The molecule has 2 aliphatic rings. The van der Waals surface area contributed by atoms with Crippen molar-refractivity contribution in [2.24, 2.45) is 0 Å². The smallest absolute Gasteiger partial charge is 0.319 e. The van der Waals surface area contributed by atoms with E-state index in [-0.39, 0.29) is 17.4 Å². The molecule has 0 aliphatic carbocycles. The molecule has 0 aromatic heterocycles. The van der Waals surface area contributed by atoms with Crippen molar-refractivity contribution < 1.29 is 18.0 Å². The third-order valence-corrected chi connectivity index (χ3v) is 8.85. The minimum Gasteiger partial charge on any atom is -0.339 e. The fourth-order valence-corrected chi connectivity index (χ4v) is 6.95. The van der Waals surface area contributed by atoms with Crippen LogP contribution in [-0.2, 0) is 9.84 Å². The van der Waals surface area contributed by atoms with Crippen LogP contribution in [0.25, 0.3) is 0 Å². The molecule has 3 amide bonds. The van der Waals surface area contributed by atoms with E-state index in [1.165, 1.54) is 5.56 Å². The first-order chi connectivity index (χ1) is 16.6. The third kappa shape index (κ3) is 5.82. The average Bonchev–Trinajstić information content (AvgIpc) is 3.12. The summed E-state index contributed by atoms with van der Waals surface area (Å²) in [6.07, 6.45) is 2.07. The number of benzene rings is 2. The van der Waals surface area contributed by atoms with Crippen molar-refractivity contribution >= 4 is 27.5 Å². The number of nitriles is 1. The Morgan fingerprint density at radius 3 is 2.40 bits per heavy atom. The van der Waals surface area contributed by atoms with Gasteiger partial charge in [-0.3, -0.25) is 4.79 Å². The monoisotopic (exact) mass is 494 g/mol. The largest absolute Gasteiger partial charge is 0.339 e. The zero-order chi connectivity index (χ0) is 25.2. The van der Waals surface area contributed by atoms with Gasteiger partial charge in [0.05, 0.1) is 28.7 Å². The summed E-state index contributed by atoms with van der Waals surface area (Å²) in [5.74, 6) is 0.255. The highest BCUT2D eigenvalue weighted by molar-refractivity contribution is 7.91. The molecule has 8 nitrogen and oxygen atoms in total. The van der Waals surface area contributed by atoms with Crippen LogP contribution in [0.15, 0.2) is 42.5 Å². The molecule has 2 heterocycles. The number of nitrogens with zero attached hydrogens (tertiary/aromatic N) is 2. The molecule has 9 heteroatoms. The summed E-state index contributed by atoms with van der Waals surface area (Å²) in [7, 11) is -3.14. The second-order valence-corrected chi connectivity index (χ2v) is 12.0. The van der Waals surface area contributed by atoms with Crippen molar-refractivity contribution in [3.05, 3.63) is 64.7 Å². The molecule has 1 atom stereocenters. The lowest BCUT2D eigenvalue weighted by atomic mass is 9.89. The standard InChI is InChI=1S/C26H30N4O4S/c1-18-3-6-22(15-23(18)28-25(32)29-26(2)11-14-35(33,34)17-26)24(31)30-12-9-21(10-13-30)20-7-4-19(16-27)5-8-20/h3-8,15,21H,9-14,17H2,1-2H3,(H2,28,29,32). The average molecular weight is 495 g/mol. The number of sulfone groups is 1. The number of anilines is 1. The molecule has 2 aliphatic heterocycles. The molecular weight excluding hydrogens is 464 g/mol. The number of nitrogens with one attached hydrogen (secondary N) is 2. The number of amides is 3. The van der Waals surface area contributed by atoms with Crippen molar-refractivity contribution in [3.8, 4) is 6.07 Å². The molecule has 184 valence electrons. The summed E-state index contributed by atoms with van der Waals surface area (Å²) >= 11 is 0. The second-order valence-electron chi connectivity index (χ2n) is 9.81. The van der Waals surface area contributed by atoms with Gasteiger partial charge in [0.25, 0.3) is 5.91 Å². The topological polar surface area (TPSA) is 119 Å². The van der Waals surface area contributed by atoms with Gasteiger partial charge < -0.3 is 15.5 Å². The van der Waals surface area contributed by atoms with E-state index in [1.807, 2.05) is 36.1 Å².